The van der Waals surface area contributed by atoms with Crippen LogP contribution in [0.4, 0.5) is 0 Å². The molecule has 0 heteroatoms. The molecule has 96 valence electrons. The molecule has 0 radical (unpaired) electrons. The first-order valence-electron chi connectivity index (χ1n) is 7.43. The van der Waals surface area contributed by atoms with E-state index in [-0.39, 0.29) is 0 Å². The van der Waals surface area contributed by atoms with E-state index in [1.54, 1.807) is 5.57 Å². The molecule has 1 aliphatic rings. The fourth-order valence-electron chi connectivity index (χ4n) is 2.59. The van der Waals surface area contributed by atoms with Crippen molar-refractivity contribution in [2.45, 2.75) is 58.3 Å². The zero-order chi connectivity index (χ0) is 12.6. The van der Waals surface area contributed by atoms with E-state index in [9.17, 15) is 0 Å². The monoisotopic (exact) mass is 240 g/mol. The summed E-state index contributed by atoms with van der Waals surface area (Å²) in [7, 11) is 0. The van der Waals surface area contributed by atoms with Crippen LogP contribution < -0.4 is 0 Å². The van der Waals surface area contributed by atoms with Crippen LogP contribution in [0.3, 0.4) is 0 Å². The average Bonchev–Trinajstić information content (AvgIpc) is 2.45. The van der Waals surface area contributed by atoms with Crippen LogP contribution >= 0.6 is 0 Å². The summed E-state index contributed by atoms with van der Waals surface area (Å²) < 4.78 is 0. The number of allylic oxidation sites excluding steroid dienone is 1. The lowest BCUT2D eigenvalue weighted by molar-refractivity contribution is 0.600. The smallest absolute Gasteiger partial charge is 0.00115 e. The maximum Gasteiger partial charge on any atom is 0.00115 e. The second kappa shape index (κ2) is 7.24. The standard InChI is InChI=1S/C18H24/c1-2-3-12-18(17-13-8-5-9-14-17)15-16-10-6-4-7-11-16/h5,8-9,13-14H,2-4,6-7,10-12H2,1H3. The van der Waals surface area contributed by atoms with Gasteiger partial charge in [-0.25, -0.2) is 0 Å². The van der Waals surface area contributed by atoms with E-state index < -0.39 is 0 Å². The van der Waals surface area contributed by atoms with Crippen molar-refractivity contribution in [3.8, 4) is 0 Å². The molecule has 0 nitrogen and oxygen atoms in total. The molecule has 1 aliphatic carbocycles. The van der Waals surface area contributed by atoms with Gasteiger partial charge in [0.2, 0.25) is 0 Å². The average molecular weight is 240 g/mol. The molecule has 0 atom stereocenters. The Morgan fingerprint density at radius 3 is 2.44 bits per heavy atom. The van der Waals surface area contributed by atoms with Crippen molar-refractivity contribution in [3.63, 3.8) is 0 Å². The van der Waals surface area contributed by atoms with Crippen molar-refractivity contribution in [2.24, 2.45) is 0 Å². The van der Waals surface area contributed by atoms with Crippen LogP contribution in [0.5, 0.6) is 0 Å². The van der Waals surface area contributed by atoms with Crippen LogP contribution in [-0.2, 0) is 0 Å². The lowest BCUT2D eigenvalue weighted by atomic mass is 9.93. The Hall–Kier alpha value is -1.26. The van der Waals surface area contributed by atoms with Crippen molar-refractivity contribution in [3.05, 3.63) is 47.2 Å². The summed E-state index contributed by atoms with van der Waals surface area (Å²) in [6.45, 7) is 2.26. The van der Waals surface area contributed by atoms with E-state index in [1.807, 2.05) is 0 Å². The van der Waals surface area contributed by atoms with Crippen LogP contribution in [0, 0.1) is 0 Å². The minimum atomic E-state index is 1.17. The summed E-state index contributed by atoms with van der Waals surface area (Å²) in [5.74, 6) is 0. The van der Waals surface area contributed by atoms with E-state index >= 15 is 0 Å². The molecule has 0 unspecified atom stereocenters. The molecular formula is C18H24. The Bertz CT molecular complexity index is 411. The highest BCUT2D eigenvalue weighted by Gasteiger charge is 2.06. The van der Waals surface area contributed by atoms with Crippen molar-refractivity contribution < 1.29 is 0 Å². The quantitative estimate of drug-likeness (QED) is 0.588. The molecule has 1 aromatic carbocycles. The van der Waals surface area contributed by atoms with Gasteiger partial charge in [-0.15, -0.1) is 5.73 Å². The summed E-state index contributed by atoms with van der Waals surface area (Å²) >= 11 is 0. The van der Waals surface area contributed by atoms with Crippen LogP contribution in [-0.4, -0.2) is 0 Å². The summed E-state index contributed by atoms with van der Waals surface area (Å²) in [5, 5.41) is 0. The van der Waals surface area contributed by atoms with Crippen molar-refractivity contribution in [1.82, 2.24) is 0 Å². The van der Waals surface area contributed by atoms with Gasteiger partial charge in [-0.1, -0.05) is 50.1 Å². The van der Waals surface area contributed by atoms with Gasteiger partial charge < -0.3 is 0 Å². The molecule has 1 saturated carbocycles. The summed E-state index contributed by atoms with van der Waals surface area (Å²) in [6.07, 6.45) is 10.4. The first kappa shape index (κ1) is 13.2. The third-order valence-electron chi connectivity index (χ3n) is 3.69. The van der Waals surface area contributed by atoms with Gasteiger partial charge in [-0.05, 0) is 49.7 Å². The Morgan fingerprint density at radius 2 is 1.78 bits per heavy atom. The van der Waals surface area contributed by atoms with Crippen LogP contribution in [0.1, 0.15) is 63.9 Å². The Labute approximate surface area is 111 Å². The first-order valence-corrected chi connectivity index (χ1v) is 7.43. The fourth-order valence-corrected chi connectivity index (χ4v) is 2.59. The number of hydrogen-bond donors (Lipinski definition) is 0. The first-order chi connectivity index (χ1) is 8.90. The molecule has 0 spiro atoms. The number of benzene rings is 1. The lowest BCUT2D eigenvalue weighted by Gasteiger charge is -2.12. The highest BCUT2D eigenvalue weighted by Crippen LogP contribution is 2.25. The van der Waals surface area contributed by atoms with Crippen molar-refractivity contribution in [1.29, 1.82) is 0 Å². The molecule has 0 aromatic heterocycles. The van der Waals surface area contributed by atoms with E-state index in [0.29, 0.717) is 0 Å². The van der Waals surface area contributed by atoms with Crippen LogP contribution in [0.2, 0.25) is 0 Å². The van der Waals surface area contributed by atoms with Gasteiger partial charge in [-0.2, -0.15) is 0 Å². The summed E-state index contributed by atoms with van der Waals surface area (Å²) in [5.41, 5.74) is 8.08. The number of hydrogen-bond acceptors (Lipinski definition) is 0. The highest BCUT2D eigenvalue weighted by molar-refractivity contribution is 5.65. The molecule has 0 heterocycles. The van der Waals surface area contributed by atoms with E-state index in [0.717, 1.165) is 0 Å². The van der Waals surface area contributed by atoms with Crippen molar-refractivity contribution >= 4 is 5.57 Å². The fraction of sp³-hybridized carbons (Fsp3) is 0.500. The highest BCUT2D eigenvalue weighted by atomic mass is 14.1. The Kier molecular flexibility index (Phi) is 5.30. The van der Waals surface area contributed by atoms with E-state index in [2.05, 4.69) is 43.0 Å². The zero-order valence-corrected chi connectivity index (χ0v) is 11.5. The maximum atomic E-state index is 3.74. The minimum absolute atomic E-state index is 1.17. The second-order valence-electron chi connectivity index (χ2n) is 5.24. The lowest BCUT2D eigenvalue weighted by Crippen LogP contribution is -1.93. The van der Waals surface area contributed by atoms with Gasteiger partial charge >= 0.3 is 0 Å². The molecule has 2 rings (SSSR count). The van der Waals surface area contributed by atoms with Crippen LogP contribution in [0.15, 0.2) is 41.6 Å². The zero-order valence-electron chi connectivity index (χ0n) is 11.5. The Balaban J connectivity index is 2.26. The maximum absolute atomic E-state index is 3.74. The summed E-state index contributed by atoms with van der Waals surface area (Å²) in [6, 6.07) is 10.8. The normalized spacial score (nSPS) is 15.3. The van der Waals surface area contributed by atoms with E-state index in [1.165, 1.54) is 62.5 Å². The largest absolute Gasteiger partial charge is 0.118 e. The van der Waals surface area contributed by atoms with Gasteiger partial charge in [0.05, 0.1) is 0 Å². The summed E-state index contributed by atoms with van der Waals surface area (Å²) in [4.78, 5) is 0. The minimum Gasteiger partial charge on any atom is -0.118 e. The number of rotatable bonds is 4. The third-order valence-corrected chi connectivity index (χ3v) is 3.69. The third kappa shape index (κ3) is 3.89. The predicted octanol–water partition coefficient (Wildman–Crippen LogP) is 5.75. The van der Waals surface area contributed by atoms with Gasteiger partial charge in [0.1, 0.15) is 0 Å². The topological polar surface area (TPSA) is 0 Å². The molecule has 0 N–H and O–H groups in total. The molecule has 0 amide bonds. The van der Waals surface area contributed by atoms with Crippen LogP contribution in [0.25, 0.3) is 5.57 Å². The van der Waals surface area contributed by atoms with Gasteiger partial charge in [-0.3, -0.25) is 0 Å². The second-order valence-corrected chi connectivity index (χ2v) is 5.24. The predicted molar refractivity (Wildman–Crippen MR) is 79.5 cm³/mol. The molecule has 0 aliphatic heterocycles. The van der Waals surface area contributed by atoms with Gasteiger partial charge in [0, 0.05) is 5.57 Å². The molecule has 0 bridgehead atoms. The molecule has 1 aromatic rings. The molecular weight excluding hydrogens is 216 g/mol. The van der Waals surface area contributed by atoms with Crippen molar-refractivity contribution in [2.75, 3.05) is 0 Å². The Morgan fingerprint density at radius 1 is 1.06 bits per heavy atom. The molecule has 0 saturated heterocycles. The molecule has 1 fully saturated rings. The van der Waals surface area contributed by atoms with Gasteiger partial charge in [0.25, 0.3) is 0 Å². The number of unbranched alkanes of at least 4 members (excludes halogenated alkanes) is 1. The SMILES string of the molecule is CCCCC(=C=C1CCCCC1)c1ccccc1. The van der Waals surface area contributed by atoms with E-state index in [4.69, 9.17) is 0 Å². The van der Waals surface area contributed by atoms with Gasteiger partial charge in [0.15, 0.2) is 0 Å². The molecule has 18 heavy (non-hydrogen) atoms.